The van der Waals surface area contributed by atoms with Gasteiger partial charge in [0.15, 0.2) is 5.78 Å². The maximum atomic E-state index is 11.5. The van der Waals surface area contributed by atoms with Gasteiger partial charge in [-0.15, -0.1) is 0 Å². The molecule has 0 saturated heterocycles. The van der Waals surface area contributed by atoms with Gasteiger partial charge < -0.3 is 5.11 Å². The normalized spacial score (nSPS) is 12.6. The molecule has 0 unspecified atom stereocenters. The fraction of sp³-hybridized carbons (Fsp3) is 0.484. The van der Waals surface area contributed by atoms with E-state index in [0.29, 0.717) is 14.5 Å². The van der Waals surface area contributed by atoms with Crippen molar-refractivity contribution in [3.8, 4) is 11.3 Å². The number of allylic oxidation sites excluding steroid dienone is 2. The fourth-order valence-corrected chi connectivity index (χ4v) is 4.94. The van der Waals surface area contributed by atoms with E-state index in [1.54, 1.807) is 0 Å². The van der Waals surface area contributed by atoms with Crippen LogP contribution in [0.4, 0.5) is 0 Å². The Bertz CT molecular complexity index is 1190. The summed E-state index contributed by atoms with van der Waals surface area (Å²) in [5.41, 5.74) is 5.38. The van der Waals surface area contributed by atoms with Gasteiger partial charge in [0.1, 0.15) is 5.76 Å². The molecule has 0 aliphatic rings. The Morgan fingerprint density at radius 1 is 1.00 bits per heavy atom. The number of aromatic nitrogens is 1. The molecule has 2 heterocycles. The molecule has 36 heavy (non-hydrogen) atoms. The molecule has 1 radical (unpaired) electrons. The minimum Gasteiger partial charge on any atom is 0 e. The first-order valence-corrected chi connectivity index (χ1v) is 14.3. The van der Waals surface area contributed by atoms with Crippen LogP contribution < -0.4 is 0 Å². The van der Waals surface area contributed by atoms with Crippen LogP contribution in [-0.2, 0) is 30.3 Å². The maximum Gasteiger partial charge on any atom is 0 e. The second-order valence-corrected chi connectivity index (χ2v) is 13.6. The Balaban J connectivity index is 0.000000402. The number of fused-ring (bicyclic) bond motifs is 1. The molecule has 3 nitrogen and oxygen atoms in total. The summed E-state index contributed by atoms with van der Waals surface area (Å²) in [5, 5.41) is 9.56. The Morgan fingerprint density at radius 3 is 2.14 bits per heavy atom. The average molecular weight is 732 g/mol. The molecule has 0 fully saturated rings. The number of pyridine rings is 1. The number of hydrogen-bond acceptors (Lipinski definition) is 3. The van der Waals surface area contributed by atoms with Crippen LogP contribution in [0.1, 0.15) is 86.3 Å². The second kappa shape index (κ2) is 12.8. The summed E-state index contributed by atoms with van der Waals surface area (Å²) in [7, 11) is 0. The van der Waals surface area contributed by atoms with Crippen molar-refractivity contribution in [2.45, 2.75) is 87.5 Å². The number of carbonyl (C=O) groups excluding carboxylic acids is 1. The Hall–Kier alpha value is -1.51. The Morgan fingerprint density at radius 2 is 1.61 bits per heavy atom. The van der Waals surface area contributed by atoms with Crippen LogP contribution in [0.25, 0.3) is 21.0 Å². The summed E-state index contributed by atoms with van der Waals surface area (Å²) in [5.74, 6) is 0.104. The molecule has 5 heteroatoms. The molecule has 0 aliphatic heterocycles. The largest absolute Gasteiger partial charge is 0 e. The van der Waals surface area contributed by atoms with Crippen LogP contribution in [0.3, 0.4) is 0 Å². The van der Waals surface area contributed by atoms with Crippen molar-refractivity contribution in [3.05, 3.63) is 64.3 Å². The number of aliphatic hydroxyl groups is 1. The van der Waals surface area contributed by atoms with Crippen LogP contribution in [0.15, 0.2) is 47.1 Å². The first-order chi connectivity index (χ1) is 16.1. The van der Waals surface area contributed by atoms with Gasteiger partial charge in [-0.2, -0.15) is 0 Å². The molecule has 0 amide bonds. The van der Waals surface area contributed by atoms with Gasteiger partial charge in [0.2, 0.25) is 0 Å². The van der Waals surface area contributed by atoms with Gasteiger partial charge in [-0.1, -0.05) is 41.5 Å². The van der Waals surface area contributed by atoms with E-state index in [2.05, 4.69) is 69.0 Å². The number of nitrogens with zero attached hydrogens (tertiary/aromatic N) is 1. The van der Waals surface area contributed by atoms with E-state index in [9.17, 15) is 9.90 Å². The second-order valence-electron chi connectivity index (χ2n) is 11.6. The van der Waals surface area contributed by atoms with E-state index in [0.717, 1.165) is 29.6 Å². The molecule has 0 spiro atoms. The van der Waals surface area contributed by atoms with E-state index < -0.39 is 5.41 Å². The molecule has 0 aliphatic carbocycles. The van der Waals surface area contributed by atoms with Gasteiger partial charge in [-0.3, -0.25) is 4.79 Å². The predicted octanol–water partition coefficient (Wildman–Crippen LogP) is 8.23. The standard InChI is InChI=1S/C20H22NSe.C11H20O2.Ir/c1-5-20(4,6-2)16-12-14(3)11-15(13-16)17-7-8-19-18(21-17)9-10-22-19;1-10(2,3)8(12)7-9(13)11(4,5)6;/h7-10,12-13H,5-6H2,1-4H3;7,12H,1-6H3;/q-1;;/b;8-7-;. The zero-order valence-electron chi connectivity index (χ0n) is 23.5. The zero-order chi connectivity index (χ0) is 26.6. The van der Waals surface area contributed by atoms with Crippen molar-refractivity contribution >= 4 is 30.1 Å². The van der Waals surface area contributed by atoms with Crippen molar-refractivity contribution in [1.29, 1.82) is 0 Å². The molecule has 3 aromatic rings. The number of carbonyl (C=O) groups is 1. The number of benzene rings is 1. The first-order valence-electron chi connectivity index (χ1n) is 12.5. The van der Waals surface area contributed by atoms with Crippen LogP contribution in [0.5, 0.6) is 0 Å². The summed E-state index contributed by atoms with van der Waals surface area (Å²) >= 11 is 0.464. The molecular formula is C31H42IrNO2Se-. The number of hydrogen-bond donors (Lipinski definition) is 1. The van der Waals surface area contributed by atoms with E-state index >= 15 is 0 Å². The van der Waals surface area contributed by atoms with Crippen molar-refractivity contribution < 1.29 is 30.0 Å². The van der Waals surface area contributed by atoms with Crippen LogP contribution in [-0.4, -0.2) is 30.4 Å². The predicted molar refractivity (Wildman–Crippen MR) is 150 cm³/mol. The van der Waals surface area contributed by atoms with Crippen LogP contribution in [0, 0.1) is 23.8 Å². The fourth-order valence-electron chi connectivity index (χ4n) is 3.42. The summed E-state index contributed by atoms with van der Waals surface area (Å²) in [4.78, 5) is 18.6. The number of ketones is 1. The molecule has 0 bridgehead atoms. The molecule has 2 aromatic heterocycles. The summed E-state index contributed by atoms with van der Waals surface area (Å²) < 4.78 is 1.39. The molecule has 3 rings (SSSR count). The monoisotopic (exact) mass is 733 g/mol. The van der Waals surface area contributed by atoms with E-state index in [-0.39, 0.29) is 42.5 Å². The van der Waals surface area contributed by atoms with Gasteiger partial charge in [0.25, 0.3) is 0 Å². The molecule has 199 valence electrons. The van der Waals surface area contributed by atoms with Crippen LogP contribution >= 0.6 is 0 Å². The third-order valence-electron chi connectivity index (χ3n) is 6.62. The van der Waals surface area contributed by atoms with E-state index in [1.165, 1.54) is 21.5 Å². The summed E-state index contributed by atoms with van der Waals surface area (Å²) in [6, 6.07) is 14.6. The van der Waals surface area contributed by atoms with Crippen LogP contribution in [0.2, 0.25) is 0 Å². The van der Waals surface area contributed by atoms with Gasteiger partial charge in [0.05, 0.1) is 0 Å². The van der Waals surface area contributed by atoms with Gasteiger partial charge in [-0.05, 0) is 0 Å². The van der Waals surface area contributed by atoms with E-state index in [1.807, 2.05) is 41.5 Å². The number of aliphatic hydroxyl groups excluding tert-OH is 1. The van der Waals surface area contributed by atoms with Crippen molar-refractivity contribution in [2.75, 3.05) is 0 Å². The molecule has 0 atom stereocenters. The molecule has 1 aromatic carbocycles. The number of aryl methyl sites for hydroxylation is 1. The third-order valence-corrected chi connectivity index (χ3v) is 8.45. The van der Waals surface area contributed by atoms with Gasteiger partial charge in [0, 0.05) is 37.0 Å². The Labute approximate surface area is 237 Å². The summed E-state index contributed by atoms with van der Waals surface area (Å²) in [6.45, 7) is 20.1. The topological polar surface area (TPSA) is 50.2 Å². The quantitative estimate of drug-likeness (QED) is 0.125. The Kier molecular flexibility index (Phi) is 11.6. The van der Waals surface area contributed by atoms with Crippen molar-refractivity contribution in [3.63, 3.8) is 0 Å². The molecular weight excluding hydrogens is 690 g/mol. The van der Waals surface area contributed by atoms with Gasteiger partial charge in [-0.25, -0.2) is 0 Å². The third kappa shape index (κ3) is 8.52. The number of rotatable bonds is 5. The SMILES string of the molecule is CC(C)(C)C(=O)/C=C(\O)C(C)(C)C.CCC(C)(CC)c1cc(C)[c-]c(-c2ccc3[se]ccc3n2)c1.[Ir]. The first kappa shape index (κ1) is 32.5. The maximum absolute atomic E-state index is 11.5. The van der Waals surface area contributed by atoms with Crippen molar-refractivity contribution in [2.24, 2.45) is 10.8 Å². The molecule has 0 saturated carbocycles. The zero-order valence-corrected chi connectivity index (χ0v) is 27.6. The smallest absolute Gasteiger partial charge is 0 e. The molecule has 1 N–H and O–H groups in total. The van der Waals surface area contributed by atoms with Crippen molar-refractivity contribution in [1.82, 2.24) is 4.98 Å². The minimum absolute atomic E-state index is 0. The van der Waals surface area contributed by atoms with E-state index in [4.69, 9.17) is 4.98 Å². The van der Waals surface area contributed by atoms with Gasteiger partial charge >= 0.3 is 139 Å². The summed E-state index contributed by atoms with van der Waals surface area (Å²) in [6.07, 6.45) is 3.63. The minimum atomic E-state index is -0.417. The average Bonchev–Trinajstić information content (AvgIpc) is 3.25.